The monoisotopic (exact) mass is 474 g/mol. The van der Waals surface area contributed by atoms with Crippen molar-refractivity contribution in [2.24, 2.45) is 0 Å². The van der Waals surface area contributed by atoms with E-state index in [4.69, 9.17) is 0 Å². The lowest BCUT2D eigenvalue weighted by molar-refractivity contribution is -0.139. The molecule has 0 saturated carbocycles. The minimum absolute atomic E-state index is 0.0416. The molecule has 3 aromatic carbocycles. The molecule has 2 amide bonds. The fraction of sp³-hybridized carbons (Fsp3) is 0.310. The van der Waals surface area contributed by atoms with Gasteiger partial charge in [0.05, 0.1) is 5.75 Å². The third-order valence-electron chi connectivity index (χ3n) is 5.98. The summed E-state index contributed by atoms with van der Waals surface area (Å²) in [4.78, 5) is 30.0. The molecule has 0 saturated heterocycles. The summed E-state index contributed by atoms with van der Waals surface area (Å²) in [6, 6.07) is 27.3. The zero-order valence-electron chi connectivity index (χ0n) is 20.2. The molecule has 0 unspecified atom stereocenters. The number of nitrogens with zero attached hydrogens (tertiary/aromatic N) is 1. The molecule has 0 spiro atoms. The Morgan fingerprint density at radius 3 is 2.18 bits per heavy atom. The van der Waals surface area contributed by atoms with Crippen molar-refractivity contribution >= 4 is 23.6 Å². The molecule has 1 N–H and O–H groups in total. The van der Waals surface area contributed by atoms with Crippen LogP contribution in [0.4, 0.5) is 0 Å². The van der Waals surface area contributed by atoms with Crippen molar-refractivity contribution in [3.05, 3.63) is 102 Å². The van der Waals surface area contributed by atoms with Crippen molar-refractivity contribution in [1.29, 1.82) is 0 Å². The number of hydrogen-bond acceptors (Lipinski definition) is 3. The second-order valence-electron chi connectivity index (χ2n) is 8.57. The van der Waals surface area contributed by atoms with Crippen molar-refractivity contribution in [1.82, 2.24) is 10.2 Å². The molecule has 0 aliphatic heterocycles. The van der Waals surface area contributed by atoms with Gasteiger partial charge in [-0.1, -0.05) is 79.7 Å². The number of amides is 2. The third-order valence-corrected chi connectivity index (χ3v) is 6.98. The first-order valence-electron chi connectivity index (χ1n) is 11.8. The molecule has 3 aromatic rings. The van der Waals surface area contributed by atoms with Gasteiger partial charge < -0.3 is 10.2 Å². The van der Waals surface area contributed by atoms with Crippen LogP contribution < -0.4 is 5.32 Å². The summed E-state index contributed by atoms with van der Waals surface area (Å²) < 4.78 is 0. The van der Waals surface area contributed by atoms with Crippen molar-refractivity contribution < 1.29 is 9.59 Å². The molecule has 5 heteroatoms. The topological polar surface area (TPSA) is 49.4 Å². The van der Waals surface area contributed by atoms with Gasteiger partial charge in [0.25, 0.3) is 0 Å². The van der Waals surface area contributed by atoms with Crippen LogP contribution in [0.1, 0.15) is 37.0 Å². The minimum atomic E-state index is -0.597. The quantitative estimate of drug-likeness (QED) is 0.366. The van der Waals surface area contributed by atoms with Gasteiger partial charge in [0.2, 0.25) is 11.8 Å². The standard InChI is InChI=1S/C29H34N2O2S/c1-4-23(3)30-29(33)27(19-24-14-7-5-8-15-24)31(20-25-16-12-11-13-22(25)2)28(32)21-34-26-17-9-6-10-18-26/h5-18,23,27H,4,19-21H2,1-3H3,(H,30,33)/t23-,27-/m1/s1. The summed E-state index contributed by atoms with van der Waals surface area (Å²) in [6.07, 6.45) is 1.30. The van der Waals surface area contributed by atoms with Gasteiger partial charge in [-0.2, -0.15) is 0 Å². The van der Waals surface area contributed by atoms with Crippen LogP contribution in [0.25, 0.3) is 0 Å². The van der Waals surface area contributed by atoms with E-state index >= 15 is 0 Å². The van der Waals surface area contributed by atoms with E-state index in [1.165, 1.54) is 11.8 Å². The molecule has 4 nitrogen and oxygen atoms in total. The lowest BCUT2D eigenvalue weighted by Crippen LogP contribution is -2.52. The second-order valence-corrected chi connectivity index (χ2v) is 9.62. The van der Waals surface area contributed by atoms with Crippen molar-refractivity contribution in [2.45, 2.75) is 57.1 Å². The molecule has 0 aliphatic rings. The Morgan fingerprint density at radius 2 is 1.53 bits per heavy atom. The molecule has 0 heterocycles. The molecule has 178 valence electrons. The van der Waals surface area contributed by atoms with Gasteiger partial charge in [-0.05, 0) is 49.1 Å². The Balaban J connectivity index is 1.92. The van der Waals surface area contributed by atoms with Crippen LogP contribution in [-0.4, -0.2) is 34.6 Å². The number of thioether (sulfide) groups is 1. The van der Waals surface area contributed by atoms with E-state index < -0.39 is 6.04 Å². The van der Waals surface area contributed by atoms with E-state index in [0.717, 1.165) is 28.0 Å². The summed E-state index contributed by atoms with van der Waals surface area (Å²) in [6.45, 7) is 6.48. The molecule has 0 aromatic heterocycles. The molecule has 3 rings (SSSR count). The Hall–Kier alpha value is -3.05. The number of benzene rings is 3. The molecule has 0 bridgehead atoms. The Kier molecular flexibility index (Phi) is 9.77. The normalized spacial score (nSPS) is 12.6. The summed E-state index contributed by atoms with van der Waals surface area (Å²) in [5, 5.41) is 3.12. The first-order valence-corrected chi connectivity index (χ1v) is 12.8. The third kappa shape index (κ3) is 7.49. The number of hydrogen-bond donors (Lipinski definition) is 1. The first-order chi connectivity index (χ1) is 16.5. The van der Waals surface area contributed by atoms with Crippen LogP contribution in [-0.2, 0) is 22.6 Å². The number of carbonyl (C=O) groups is 2. The zero-order chi connectivity index (χ0) is 24.3. The van der Waals surface area contributed by atoms with Crippen molar-refractivity contribution in [3.8, 4) is 0 Å². The summed E-state index contributed by atoms with van der Waals surface area (Å²) in [5.74, 6) is 0.125. The summed E-state index contributed by atoms with van der Waals surface area (Å²) >= 11 is 1.50. The minimum Gasteiger partial charge on any atom is -0.352 e. The van der Waals surface area contributed by atoms with E-state index in [1.807, 2.05) is 106 Å². The molecule has 34 heavy (non-hydrogen) atoms. The molecular weight excluding hydrogens is 440 g/mol. The number of rotatable bonds is 11. The molecular formula is C29H34N2O2S. The van der Waals surface area contributed by atoms with Crippen LogP contribution >= 0.6 is 11.8 Å². The van der Waals surface area contributed by atoms with Crippen molar-refractivity contribution in [3.63, 3.8) is 0 Å². The van der Waals surface area contributed by atoms with E-state index in [0.29, 0.717) is 13.0 Å². The van der Waals surface area contributed by atoms with Gasteiger partial charge in [0, 0.05) is 23.9 Å². The van der Waals surface area contributed by atoms with E-state index in [2.05, 4.69) is 5.32 Å². The molecule has 2 atom stereocenters. The molecule has 0 aliphatic carbocycles. The fourth-order valence-corrected chi connectivity index (χ4v) is 4.52. The van der Waals surface area contributed by atoms with Crippen molar-refractivity contribution in [2.75, 3.05) is 5.75 Å². The zero-order valence-corrected chi connectivity index (χ0v) is 21.1. The highest BCUT2D eigenvalue weighted by Gasteiger charge is 2.31. The Bertz CT molecular complexity index is 1060. The largest absolute Gasteiger partial charge is 0.352 e. The second kappa shape index (κ2) is 13.0. The summed E-state index contributed by atoms with van der Waals surface area (Å²) in [7, 11) is 0. The predicted octanol–water partition coefficient (Wildman–Crippen LogP) is 5.64. The van der Waals surface area contributed by atoms with E-state index in [1.54, 1.807) is 4.90 Å². The predicted molar refractivity (Wildman–Crippen MR) is 141 cm³/mol. The fourth-order valence-electron chi connectivity index (χ4n) is 3.71. The van der Waals surface area contributed by atoms with Gasteiger partial charge in [-0.25, -0.2) is 0 Å². The lowest BCUT2D eigenvalue weighted by atomic mass is 10.0. The van der Waals surface area contributed by atoms with Crippen LogP contribution in [0, 0.1) is 6.92 Å². The van der Waals surface area contributed by atoms with E-state index in [-0.39, 0.29) is 23.6 Å². The number of nitrogens with one attached hydrogen (secondary N) is 1. The number of aryl methyl sites for hydroxylation is 1. The SMILES string of the molecule is CC[C@@H](C)NC(=O)[C@@H](Cc1ccccc1)N(Cc1ccccc1C)C(=O)CSc1ccccc1. The van der Waals surface area contributed by atoms with Gasteiger partial charge in [0.1, 0.15) is 6.04 Å². The summed E-state index contributed by atoms with van der Waals surface area (Å²) in [5.41, 5.74) is 3.19. The van der Waals surface area contributed by atoms with Gasteiger partial charge >= 0.3 is 0 Å². The maximum absolute atomic E-state index is 13.6. The van der Waals surface area contributed by atoms with Crippen LogP contribution in [0.3, 0.4) is 0 Å². The van der Waals surface area contributed by atoms with Gasteiger partial charge in [-0.15, -0.1) is 11.8 Å². The highest BCUT2D eigenvalue weighted by atomic mass is 32.2. The van der Waals surface area contributed by atoms with E-state index in [9.17, 15) is 9.59 Å². The van der Waals surface area contributed by atoms with Crippen LogP contribution in [0.5, 0.6) is 0 Å². The first kappa shape index (κ1) is 25.6. The number of carbonyl (C=O) groups excluding carboxylic acids is 2. The molecule has 0 fully saturated rings. The maximum atomic E-state index is 13.6. The smallest absolute Gasteiger partial charge is 0.243 e. The van der Waals surface area contributed by atoms with Gasteiger partial charge in [-0.3, -0.25) is 9.59 Å². The van der Waals surface area contributed by atoms with Gasteiger partial charge in [0.15, 0.2) is 0 Å². The van der Waals surface area contributed by atoms with Crippen LogP contribution in [0.2, 0.25) is 0 Å². The highest BCUT2D eigenvalue weighted by molar-refractivity contribution is 8.00. The van der Waals surface area contributed by atoms with Crippen LogP contribution in [0.15, 0.2) is 89.8 Å². The average molecular weight is 475 g/mol. The average Bonchev–Trinajstić information content (AvgIpc) is 2.86. The Morgan fingerprint density at radius 1 is 0.912 bits per heavy atom. The molecule has 0 radical (unpaired) electrons. The highest BCUT2D eigenvalue weighted by Crippen LogP contribution is 2.22. The lowest BCUT2D eigenvalue weighted by Gasteiger charge is -2.32. The Labute approximate surface area is 207 Å². The maximum Gasteiger partial charge on any atom is 0.243 e.